The number of hydrogen-bond donors (Lipinski definition) is 2. The van der Waals surface area contributed by atoms with Crippen LogP contribution in [0, 0.1) is 13.8 Å². The lowest BCUT2D eigenvalue weighted by atomic mass is 9.78. The fourth-order valence-electron chi connectivity index (χ4n) is 3.47. The molecule has 2 aromatic rings. The topological polar surface area (TPSA) is 49.7 Å². The second-order valence-electron chi connectivity index (χ2n) is 6.08. The summed E-state index contributed by atoms with van der Waals surface area (Å²) in [5, 5.41) is 20.2. The highest BCUT2D eigenvalue weighted by atomic mass is 16.5. The Morgan fingerprint density at radius 1 is 1.00 bits per heavy atom. The molecule has 0 aliphatic heterocycles. The van der Waals surface area contributed by atoms with Gasteiger partial charge in [-0.25, -0.2) is 0 Å². The van der Waals surface area contributed by atoms with Crippen LogP contribution in [-0.2, 0) is 17.6 Å². The van der Waals surface area contributed by atoms with Crippen LogP contribution in [0.4, 0.5) is 0 Å². The largest absolute Gasteiger partial charge is 0.508 e. The summed E-state index contributed by atoms with van der Waals surface area (Å²) in [5.41, 5.74) is 7.60. The molecule has 0 radical (unpaired) electrons. The normalized spacial score (nSPS) is 14.4. The molecule has 0 amide bonds. The first-order valence-corrected chi connectivity index (χ1v) is 7.65. The summed E-state index contributed by atoms with van der Waals surface area (Å²) >= 11 is 0. The minimum Gasteiger partial charge on any atom is -0.508 e. The summed E-state index contributed by atoms with van der Waals surface area (Å²) in [5.74, 6) is 0.677. The molecule has 3 rings (SSSR count). The van der Waals surface area contributed by atoms with E-state index in [9.17, 15) is 10.2 Å². The molecule has 0 spiro atoms. The lowest BCUT2D eigenvalue weighted by Gasteiger charge is -2.28. The zero-order valence-corrected chi connectivity index (χ0v) is 13.5. The van der Waals surface area contributed by atoms with Crippen molar-refractivity contribution >= 4 is 0 Å². The van der Waals surface area contributed by atoms with Gasteiger partial charge in [-0.15, -0.1) is 0 Å². The Bertz CT molecular complexity index is 747. The third-order valence-corrected chi connectivity index (χ3v) is 4.98. The van der Waals surface area contributed by atoms with E-state index in [2.05, 4.69) is 0 Å². The van der Waals surface area contributed by atoms with Gasteiger partial charge in [0.05, 0.1) is 6.10 Å². The predicted octanol–water partition coefficient (Wildman–Crippen LogP) is 4.19. The lowest BCUT2D eigenvalue weighted by Crippen LogP contribution is -2.12. The lowest BCUT2D eigenvalue weighted by molar-refractivity contribution is 0.119. The van der Waals surface area contributed by atoms with Gasteiger partial charge in [0.1, 0.15) is 11.5 Å². The highest BCUT2D eigenvalue weighted by Gasteiger charge is 2.26. The maximum absolute atomic E-state index is 10.3. The van der Waals surface area contributed by atoms with Crippen molar-refractivity contribution in [1.82, 2.24) is 0 Å². The molecule has 2 aromatic carbocycles. The highest BCUT2D eigenvalue weighted by molar-refractivity contribution is 5.80. The fraction of sp³-hybridized carbons (Fsp3) is 0.368. The zero-order valence-electron chi connectivity index (χ0n) is 13.5. The van der Waals surface area contributed by atoms with E-state index in [0.29, 0.717) is 11.5 Å². The average molecular weight is 298 g/mol. The van der Waals surface area contributed by atoms with E-state index in [1.54, 1.807) is 13.2 Å². The van der Waals surface area contributed by atoms with Gasteiger partial charge in [0, 0.05) is 7.11 Å². The minimum absolute atomic E-state index is 0.0969. The Hall–Kier alpha value is -2.00. The monoisotopic (exact) mass is 298 g/mol. The van der Waals surface area contributed by atoms with E-state index in [1.165, 1.54) is 11.1 Å². The minimum atomic E-state index is -0.0969. The van der Waals surface area contributed by atoms with Crippen LogP contribution >= 0.6 is 0 Å². The molecular weight excluding hydrogens is 276 g/mol. The molecule has 0 saturated carbocycles. The quantitative estimate of drug-likeness (QED) is 0.874. The number of methoxy groups -OCH3 is 1. The average Bonchev–Trinajstić information content (AvgIpc) is 2.53. The van der Waals surface area contributed by atoms with E-state index in [0.717, 1.165) is 40.7 Å². The van der Waals surface area contributed by atoms with Crippen LogP contribution in [-0.4, -0.2) is 17.3 Å². The molecule has 0 saturated heterocycles. The number of fused-ring (bicyclic) bond motifs is 3. The first-order chi connectivity index (χ1) is 10.5. The third-order valence-electron chi connectivity index (χ3n) is 4.98. The molecule has 3 nitrogen and oxygen atoms in total. The summed E-state index contributed by atoms with van der Waals surface area (Å²) in [6.45, 7) is 5.92. The van der Waals surface area contributed by atoms with Crippen molar-refractivity contribution in [1.29, 1.82) is 0 Å². The Balaban J connectivity index is 2.36. The first kappa shape index (κ1) is 14.9. The van der Waals surface area contributed by atoms with Gasteiger partial charge in [0.15, 0.2) is 0 Å². The van der Waals surface area contributed by atoms with Gasteiger partial charge in [-0.1, -0.05) is 6.07 Å². The van der Waals surface area contributed by atoms with Crippen LogP contribution in [0.1, 0.15) is 40.8 Å². The van der Waals surface area contributed by atoms with Gasteiger partial charge >= 0.3 is 0 Å². The van der Waals surface area contributed by atoms with E-state index in [-0.39, 0.29) is 6.10 Å². The van der Waals surface area contributed by atoms with Crippen molar-refractivity contribution in [3.8, 4) is 22.6 Å². The molecule has 22 heavy (non-hydrogen) atoms. The van der Waals surface area contributed by atoms with Crippen molar-refractivity contribution in [3.05, 3.63) is 46.0 Å². The molecule has 3 heteroatoms. The molecule has 116 valence electrons. The van der Waals surface area contributed by atoms with E-state index >= 15 is 0 Å². The predicted molar refractivity (Wildman–Crippen MR) is 87.5 cm³/mol. The van der Waals surface area contributed by atoms with Crippen molar-refractivity contribution in [2.45, 2.75) is 39.7 Å². The molecule has 1 aliphatic rings. The SMILES string of the molecule is COC(C)c1cc(O)c(C)c2c1-c1ccc(O)c(C)c1CC2. The Labute approximate surface area is 131 Å². The third kappa shape index (κ3) is 2.08. The number of ether oxygens (including phenoxy) is 1. The highest BCUT2D eigenvalue weighted by Crippen LogP contribution is 2.45. The van der Waals surface area contributed by atoms with Crippen molar-refractivity contribution in [2.24, 2.45) is 0 Å². The van der Waals surface area contributed by atoms with Gasteiger partial charge in [0.2, 0.25) is 0 Å². The second kappa shape index (κ2) is 5.33. The van der Waals surface area contributed by atoms with E-state index in [1.807, 2.05) is 32.9 Å². The van der Waals surface area contributed by atoms with Crippen molar-refractivity contribution in [2.75, 3.05) is 7.11 Å². The van der Waals surface area contributed by atoms with Gasteiger partial charge in [-0.2, -0.15) is 0 Å². The summed E-state index contributed by atoms with van der Waals surface area (Å²) < 4.78 is 5.51. The Morgan fingerprint density at radius 2 is 1.64 bits per heavy atom. The second-order valence-corrected chi connectivity index (χ2v) is 6.08. The number of benzene rings is 2. The maximum atomic E-state index is 10.3. The number of phenolic OH excluding ortho intramolecular Hbond substituents is 2. The molecule has 0 aromatic heterocycles. The van der Waals surface area contributed by atoms with Gasteiger partial charge in [-0.3, -0.25) is 0 Å². The molecule has 1 aliphatic carbocycles. The number of phenols is 2. The molecular formula is C19H22O3. The van der Waals surface area contributed by atoms with E-state index < -0.39 is 0 Å². The fourth-order valence-corrected chi connectivity index (χ4v) is 3.47. The van der Waals surface area contributed by atoms with Gasteiger partial charge < -0.3 is 14.9 Å². The number of aromatic hydroxyl groups is 2. The van der Waals surface area contributed by atoms with Crippen LogP contribution in [0.5, 0.6) is 11.5 Å². The van der Waals surface area contributed by atoms with Gasteiger partial charge in [-0.05, 0) is 84.7 Å². The van der Waals surface area contributed by atoms with E-state index in [4.69, 9.17) is 4.74 Å². The van der Waals surface area contributed by atoms with Gasteiger partial charge in [0.25, 0.3) is 0 Å². The van der Waals surface area contributed by atoms with Crippen LogP contribution in [0.15, 0.2) is 18.2 Å². The first-order valence-electron chi connectivity index (χ1n) is 7.65. The summed E-state index contributed by atoms with van der Waals surface area (Å²) in [4.78, 5) is 0. The number of hydrogen-bond acceptors (Lipinski definition) is 3. The van der Waals surface area contributed by atoms with Crippen molar-refractivity contribution in [3.63, 3.8) is 0 Å². The van der Waals surface area contributed by atoms with Crippen LogP contribution in [0.2, 0.25) is 0 Å². The standard InChI is InChI=1S/C19H22O3/c1-10-13-5-6-14-11(2)18(21)9-16(12(3)22-4)19(14)15(13)7-8-17(10)20/h7-9,12,20-21H,5-6H2,1-4H3. The summed E-state index contributed by atoms with van der Waals surface area (Å²) in [6, 6.07) is 5.56. The zero-order chi connectivity index (χ0) is 16.0. The van der Waals surface area contributed by atoms with Crippen LogP contribution in [0.25, 0.3) is 11.1 Å². The Morgan fingerprint density at radius 3 is 2.32 bits per heavy atom. The molecule has 0 heterocycles. The van der Waals surface area contributed by atoms with Crippen LogP contribution in [0.3, 0.4) is 0 Å². The van der Waals surface area contributed by atoms with Crippen LogP contribution < -0.4 is 0 Å². The molecule has 1 unspecified atom stereocenters. The summed E-state index contributed by atoms with van der Waals surface area (Å²) in [6.07, 6.45) is 1.66. The smallest absolute Gasteiger partial charge is 0.119 e. The summed E-state index contributed by atoms with van der Waals surface area (Å²) in [7, 11) is 1.68. The molecule has 0 fully saturated rings. The number of rotatable bonds is 2. The molecule has 1 atom stereocenters. The molecule has 2 N–H and O–H groups in total. The molecule has 0 bridgehead atoms. The van der Waals surface area contributed by atoms with Crippen molar-refractivity contribution < 1.29 is 14.9 Å². The Kier molecular flexibility index (Phi) is 3.61. The maximum Gasteiger partial charge on any atom is 0.119 e.